The smallest absolute Gasteiger partial charge is 0.255 e. The van der Waals surface area contributed by atoms with Crippen molar-refractivity contribution in [1.82, 2.24) is 4.98 Å². The number of halogens is 1. The summed E-state index contributed by atoms with van der Waals surface area (Å²) >= 11 is 0. The molecule has 0 amide bonds. The number of hydrogen-bond donors (Lipinski definition) is 1. The molecule has 1 heterocycles. The zero-order chi connectivity index (χ0) is 11.0. The summed E-state index contributed by atoms with van der Waals surface area (Å²) in [7, 11) is 0. The number of hydrogen-bond acceptors (Lipinski definition) is 1. The van der Waals surface area contributed by atoms with Crippen LogP contribution in [-0.4, -0.2) is 4.98 Å². The standard InChI is InChI=1S/C12H12FNO/c1-7(2)11-6-14-12(15)9-4-3-8(13)5-10(9)11/h3-7H,1-2H3,(H,14,15). The molecule has 78 valence electrons. The second-order valence-corrected chi connectivity index (χ2v) is 3.92. The molecule has 0 fully saturated rings. The van der Waals surface area contributed by atoms with Crippen molar-refractivity contribution >= 4 is 10.8 Å². The van der Waals surface area contributed by atoms with Crippen molar-refractivity contribution in [3.63, 3.8) is 0 Å². The summed E-state index contributed by atoms with van der Waals surface area (Å²) in [6.07, 6.45) is 1.66. The van der Waals surface area contributed by atoms with Crippen LogP contribution in [-0.2, 0) is 0 Å². The van der Waals surface area contributed by atoms with Gasteiger partial charge in [0.15, 0.2) is 0 Å². The molecule has 0 unspecified atom stereocenters. The van der Waals surface area contributed by atoms with Crippen LogP contribution in [0.3, 0.4) is 0 Å². The van der Waals surface area contributed by atoms with Crippen molar-refractivity contribution < 1.29 is 4.39 Å². The number of H-pyrrole nitrogens is 1. The Morgan fingerprint density at radius 3 is 2.67 bits per heavy atom. The quantitative estimate of drug-likeness (QED) is 0.762. The van der Waals surface area contributed by atoms with E-state index in [9.17, 15) is 9.18 Å². The summed E-state index contributed by atoms with van der Waals surface area (Å²) in [6.45, 7) is 4.02. The lowest BCUT2D eigenvalue weighted by Gasteiger charge is -2.08. The number of aromatic nitrogens is 1. The van der Waals surface area contributed by atoms with Crippen LogP contribution in [0.1, 0.15) is 25.3 Å². The van der Waals surface area contributed by atoms with E-state index in [-0.39, 0.29) is 17.3 Å². The Bertz CT molecular complexity index is 557. The zero-order valence-corrected chi connectivity index (χ0v) is 8.67. The van der Waals surface area contributed by atoms with Gasteiger partial charge in [0.05, 0.1) is 0 Å². The molecular formula is C12H12FNO. The number of benzene rings is 1. The predicted octanol–water partition coefficient (Wildman–Crippen LogP) is 2.79. The van der Waals surface area contributed by atoms with Crippen LogP contribution in [0, 0.1) is 5.82 Å². The Labute approximate surface area is 86.8 Å². The maximum absolute atomic E-state index is 13.1. The minimum absolute atomic E-state index is 0.172. The molecule has 0 bridgehead atoms. The van der Waals surface area contributed by atoms with Gasteiger partial charge in [-0.25, -0.2) is 4.39 Å². The van der Waals surface area contributed by atoms with Gasteiger partial charge >= 0.3 is 0 Å². The summed E-state index contributed by atoms with van der Waals surface area (Å²) < 4.78 is 13.1. The van der Waals surface area contributed by atoms with E-state index in [1.165, 1.54) is 18.2 Å². The van der Waals surface area contributed by atoms with E-state index in [0.717, 1.165) is 5.56 Å². The van der Waals surface area contributed by atoms with Crippen molar-refractivity contribution in [1.29, 1.82) is 0 Å². The highest BCUT2D eigenvalue weighted by Crippen LogP contribution is 2.22. The molecule has 0 spiro atoms. The lowest BCUT2D eigenvalue weighted by atomic mass is 9.99. The van der Waals surface area contributed by atoms with Crippen LogP contribution in [0.4, 0.5) is 4.39 Å². The number of pyridine rings is 1. The van der Waals surface area contributed by atoms with Crippen molar-refractivity contribution in [2.75, 3.05) is 0 Å². The molecule has 3 heteroatoms. The Morgan fingerprint density at radius 1 is 1.27 bits per heavy atom. The van der Waals surface area contributed by atoms with E-state index in [4.69, 9.17) is 0 Å². The number of fused-ring (bicyclic) bond motifs is 1. The molecule has 0 radical (unpaired) electrons. The summed E-state index contributed by atoms with van der Waals surface area (Å²) in [5.41, 5.74) is 0.790. The van der Waals surface area contributed by atoms with Crippen LogP contribution >= 0.6 is 0 Å². The molecule has 0 saturated heterocycles. The van der Waals surface area contributed by atoms with E-state index in [1.807, 2.05) is 13.8 Å². The molecule has 0 aliphatic carbocycles. The van der Waals surface area contributed by atoms with Crippen molar-refractivity contribution in [3.8, 4) is 0 Å². The van der Waals surface area contributed by atoms with Crippen LogP contribution in [0.15, 0.2) is 29.2 Å². The van der Waals surface area contributed by atoms with Gasteiger partial charge < -0.3 is 4.98 Å². The first-order valence-corrected chi connectivity index (χ1v) is 4.90. The fourth-order valence-electron chi connectivity index (χ4n) is 1.73. The third-order valence-corrected chi connectivity index (χ3v) is 2.52. The highest BCUT2D eigenvalue weighted by Gasteiger charge is 2.08. The lowest BCUT2D eigenvalue weighted by molar-refractivity contribution is 0.629. The van der Waals surface area contributed by atoms with Gasteiger partial charge in [-0.1, -0.05) is 13.8 Å². The molecule has 0 saturated carbocycles. The van der Waals surface area contributed by atoms with Crippen LogP contribution in [0.25, 0.3) is 10.8 Å². The molecule has 2 nitrogen and oxygen atoms in total. The normalized spacial score (nSPS) is 11.2. The second kappa shape index (κ2) is 3.50. The van der Waals surface area contributed by atoms with Gasteiger partial charge in [-0.3, -0.25) is 4.79 Å². The van der Waals surface area contributed by atoms with E-state index in [2.05, 4.69) is 4.98 Å². The third kappa shape index (κ3) is 1.65. The van der Waals surface area contributed by atoms with Crippen molar-refractivity contribution in [2.24, 2.45) is 0 Å². The molecule has 0 aliphatic heterocycles. The van der Waals surface area contributed by atoms with Crippen LogP contribution in [0.5, 0.6) is 0 Å². The summed E-state index contributed by atoms with van der Waals surface area (Å²) in [5.74, 6) is -0.0545. The highest BCUT2D eigenvalue weighted by molar-refractivity contribution is 5.85. The number of rotatable bonds is 1. The second-order valence-electron chi connectivity index (χ2n) is 3.92. The van der Waals surface area contributed by atoms with Crippen LogP contribution < -0.4 is 5.56 Å². The van der Waals surface area contributed by atoms with E-state index in [0.29, 0.717) is 10.8 Å². The molecule has 1 aromatic heterocycles. The molecule has 1 N–H and O–H groups in total. The van der Waals surface area contributed by atoms with Gasteiger partial charge in [0.25, 0.3) is 5.56 Å². The molecular weight excluding hydrogens is 193 g/mol. The predicted molar refractivity (Wildman–Crippen MR) is 58.6 cm³/mol. The van der Waals surface area contributed by atoms with Gasteiger partial charge in [0, 0.05) is 11.6 Å². The molecule has 1 aromatic carbocycles. The summed E-state index contributed by atoms with van der Waals surface area (Å²) in [4.78, 5) is 14.2. The maximum atomic E-state index is 13.1. The summed E-state index contributed by atoms with van der Waals surface area (Å²) in [6, 6.07) is 4.25. The Kier molecular flexibility index (Phi) is 2.31. The van der Waals surface area contributed by atoms with E-state index >= 15 is 0 Å². The van der Waals surface area contributed by atoms with Gasteiger partial charge in [-0.15, -0.1) is 0 Å². The lowest BCUT2D eigenvalue weighted by Crippen LogP contribution is -2.08. The minimum atomic E-state index is -0.310. The molecule has 0 aliphatic rings. The van der Waals surface area contributed by atoms with Gasteiger partial charge in [0.2, 0.25) is 0 Å². The summed E-state index contributed by atoms with van der Waals surface area (Å²) in [5, 5.41) is 1.25. The highest BCUT2D eigenvalue weighted by atomic mass is 19.1. The van der Waals surface area contributed by atoms with Gasteiger partial charge in [0.1, 0.15) is 5.82 Å². The van der Waals surface area contributed by atoms with Crippen molar-refractivity contribution in [3.05, 3.63) is 46.1 Å². The van der Waals surface area contributed by atoms with Crippen molar-refractivity contribution in [2.45, 2.75) is 19.8 Å². The third-order valence-electron chi connectivity index (χ3n) is 2.52. The average molecular weight is 205 g/mol. The Balaban J connectivity index is 2.90. The van der Waals surface area contributed by atoms with Gasteiger partial charge in [-0.05, 0) is 35.1 Å². The topological polar surface area (TPSA) is 32.9 Å². The zero-order valence-electron chi connectivity index (χ0n) is 8.67. The van der Waals surface area contributed by atoms with Crippen LogP contribution in [0.2, 0.25) is 0 Å². The maximum Gasteiger partial charge on any atom is 0.255 e. The molecule has 2 aromatic rings. The van der Waals surface area contributed by atoms with Gasteiger partial charge in [-0.2, -0.15) is 0 Å². The Hall–Kier alpha value is -1.64. The fourth-order valence-corrected chi connectivity index (χ4v) is 1.73. The molecule has 15 heavy (non-hydrogen) atoms. The average Bonchev–Trinajstić information content (AvgIpc) is 2.17. The van der Waals surface area contributed by atoms with E-state index in [1.54, 1.807) is 6.20 Å². The largest absolute Gasteiger partial charge is 0.328 e. The fraction of sp³-hybridized carbons (Fsp3) is 0.250. The number of nitrogens with one attached hydrogen (secondary N) is 1. The Morgan fingerprint density at radius 2 is 2.00 bits per heavy atom. The molecule has 0 atom stereocenters. The minimum Gasteiger partial charge on any atom is -0.328 e. The monoisotopic (exact) mass is 205 g/mol. The SMILES string of the molecule is CC(C)c1c[nH]c(=O)c2ccc(F)cc12. The first-order chi connectivity index (χ1) is 7.09. The number of aromatic amines is 1. The first-order valence-electron chi connectivity index (χ1n) is 4.90. The van der Waals surface area contributed by atoms with E-state index < -0.39 is 0 Å². The molecule has 2 rings (SSSR count). The first kappa shape index (κ1) is 9.90.